The number of aryl methyl sites for hydroxylation is 2. The van der Waals surface area contributed by atoms with Gasteiger partial charge in [0.15, 0.2) is 0 Å². The Labute approximate surface area is 93.5 Å². The van der Waals surface area contributed by atoms with Crippen LogP contribution in [0.1, 0.15) is 22.9 Å². The first-order valence-corrected chi connectivity index (χ1v) is 6.17. The summed E-state index contributed by atoms with van der Waals surface area (Å²) in [5, 5.41) is 1.35. The zero-order valence-electron chi connectivity index (χ0n) is 8.43. The van der Waals surface area contributed by atoms with Gasteiger partial charge in [-0.15, -0.1) is 22.9 Å². The van der Waals surface area contributed by atoms with E-state index in [4.69, 9.17) is 11.6 Å². The van der Waals surface area contributed by atoms with Gasteiger partial charge < -0.3 is 0 Å². The zero-order chi connectivity index (χ0) is 10.1. The molecular formula is C12H13ClS. The molecule has 0 nitrogen and oxygen atoms in total. The van der Waals surface area contributed by atoms with Gasteiger partial charge in [-0.3, -0.25) is 0 Å². The van der Waals surface area contributed by atoms with Crippen LogP contribution in [0.2, 0.25) is 0 Å². The summed E-state index contributed by atoms with van der Waals surface area (Å²) < 4.78 is 1.36. The van der Waals surface area contributed by atoms with E-state index in [9.17, 15) is 0 Å². The third kappa shape index (κ3) is 1.67. The lowest BCUT2D eigenvalue weighted by atomic mass is 10.1. The van der Waals surface area contributed by atoms with Crippen molar-refractivity contribution in [1.82, 2.24) is 0 Å². The predicted octanol–water partition coefficient (Wildman–Crippen LogP) is 4.51. The summed E-state index contributed by atoms with van der Waals surface area (Å²) in [6.07, 6.45) is 1.08. The maximum Gasteiger partial charge on any atom is 0.0488 e. The zero-order valence-corrected chi connectivity index (χ0v) is 10.0. The Morgan fingerprint density at radius 1 is 1.29 bits per heavy atom. The second kappa shape index (κ2) is 3.92. The number of hydrogen-bond donors (Lipinski definition) is 0. The number of halogens is 1. The fraction of sp³-hybridized carbons (Fsp3) is 0.333. The molecule has 0 aliphatic carbocycles. The molecular weight excluding hydrogens is 212 g/mol. The number of hydrogen-bond acceptors (Lipinski definition) is 1. The summed E-state index contributed by atoms with van der Waals surface area (Å²) in [5.74, 6) is 0.615. The smallest absolute Gasteiger partial charge is 0.0488 e. The van der Waals surface area contributed by atoms with E-state index in [2.05, 4.69) is 32.0 Å². The molecule has 0 saturated heterocycles. The molecule has 0 saturated carbocycles. The van der Waals surface area contributed by atoms with Crippen LogP contribution in [-0.4, -0.2) is 0 Å². The SMILES string of the molecule is CCc1cc(CCl)c2sc(C)cc2c1. The Hall–Kier alpha value is -0.530. The third-order valence-electron chi connectivity index (χ3n) is 2.43. The molecule has 0 bridgehead atoms. The number of alkyl halides is 1. The first kappa shape index (κ1) is 10.0. The molecule has 0 atom stereocenters. The molecule has 2 aromatic rings. The van der Waals surface area contributed by atoms with Gasteiger partial charge in [0, 0.05) is 15.5 Å². The molecule has 0 N–H and O–H groups in total. The van der Waals surface area contributed by atoms with Crippen LogP contribution in [0, 0.1) is 6.92 Å². The van der Waals surface area contributed by atoms with Crippen LogP contribution in [0.5, 0.6) is 0 Å². The summed E-state index contributed by atoms with van der Waals surface area (Å²) >= 11 is 7.79. The molecule has 1 aromatic carbocycles. The van der Waals surface area contributed by atoms with Crippen molar-refractivity contribution in [3.8, 4) is 0 Å². The van der Waals surface area contributed by atoms with Gasteiger partial charge in [-0.2, -0.15) is 0 Å². The largest absolute Gasteiger partial charge is 0.140 e. The molecule has 1 aromatic heterocycles. The van der Waals surface area contributed by atoms with Crippen molar-refractivity contribution < 1.29 is 0 Å². The van der Waals surface area contributed by atoms with Gasteiger partial charge in [0.1, 0.15) is 0 Å². The lowest BCUT2D eigenvalue weighted by molar-refractivity contribution is 1.14. The molecule has 2 heteroatoms. The lowest BCUT2D eigenvalue weighted by Gasteiger charge is -2.02. The van der Waals surface area contributed by atoms with Gasteiger partial charge in [-0.05, 0) is 35.9 Å². The van der Waals surface area contributed by atoms with Crippen molar-refractivity contribution >= 4 is 33.0 Å². The highest BCUT2D eigenvalue weighted by molar-refractivity contribution is 7.19. The maximum absolute atomic E-state index is 5.95. The van der Waals surface area contributed by atoms with Crippen LogP contribution in [0.4, 0.5) is 0 Å². The van der Waals surface area contributed by atoms with Gasteiger partial charge >= 0.3 is 0 Å². The average molecular weight is 225 g/mol. The molecule has 0 aliphatic heterocycles. The van der Waals surface area contributed by atoms with E-state index >= 15 is 0 Å². The molecule has 0 fully saturated rings. The fourth-order valence-corrected chi connectivity index (χ4v) is 3.02. The minimum absolute atomic E-state index is 0.615. The van der Waals surface area contributed by atoms with E-state index in [1.807, 2.05) is 11.3 Å². The molecule has 0 aliphatic rings. The average Bonchev–Trinajstić information content (AvgIpc) is 2.56. The highest BCUT2D eigenvalue weighted by atomic mass is 35.5. The Balaban J connectivity index is 2.72. The van der Waals surface area contributed by atoms with Gasteiger partial charge in [0.05, 0.1) is 0 Å². The molecule has 14 heavy (non-hydrogen) atoms. The van der Waals surface area contributed by atoms with Crippen molar-refractivity contribution in [2.45, 2.75) is 26.1 Å². The summed E-state index contributed by atoms with van der Waals surface area (Å²) in [6.45, 7) is 4.33. The Kier molecular flexibility index (Phi) is 2.80. The quantitative estimate of drug-likeness (QED) is 0.659. The Morgan fingerprint density at radius 2 is 2.07 bits per heavy atom. The van der Waals surface area contributed by atoms with Crippen LogP contribution in [0.15, 0.2) is 18.2 Å². The highest BCUT2D eigenvalue weighted by Gasteiger charge is 2.05. The minimum Gasteiger partial charge on any atom is -0.140 e. The van der Waals surface area contributed by atoms with Crippen LogP contribution in [-0.2, 0) is 12.3 Å². The van der Waals surface area contributed by atoms with E-state index in [1.165, 1.54) is 26.1 Å². The highest BCUT2D eigenvalue weighted by Crippen LogP contribution is 2.30. The number of benzene rings is 1. The van der Waals surface area contributed by atoms with E-state index in [0.717, 1.165) is 6.42 Å². The Morgan fingerprint density at radius 3 is 2.71 bits per heavy atom. The van der Waals surface area contributed by atoms with Crippen LogP contribution < -0.4 is 0 Å². The van der Waals surface area contributed by atoms with Crippen molar-refractivity contribution in [3.63, 3.8) is 0 Å². The van der Waals surface area contributed by atoms with Crippen LogP contribution in [0.25, 0.3) is 10.1 Å². The van der Waals surface area contributed by atoms with Gasteiger partial charge in [-0.1, -0.05) is 19.1 Å². The predicted molar refractivity (Wildman–Crippen MR) is 65.5 cm³/mol. The van der Waals surface area contributed by atoms with Crippen molar-refractivity contribution in [2.24, 2.45) is 0 Å². The number of thiophene rings is 1. The van der Waals surface area contributed by atoms with Gasteiger partial charge in [-0.25, -0.2) is 0 Å². The lowest BCUT2D eigenvalue weighted by Crippen LogP contribution is -1.84. The number of rotatable bonds is 2. The summed E-state index contributed by atoms with van der Waals surface area (Å²) in [6, 6.07) is 6.75. The maximum atomic E-state index is 5.95. The first-order valence-electron chi connectivity index (χ1n) is 4.82. The summed E-state index contributed by atoms with van der Waals surface area (Å²) in [4.78, 5) is 1.36. The topological polar surface area (TPSA) is 0 Å². The normalized spacial score (nSPS) is 11.1. The molecule has 2 rings (SSSR count). The van der Waals surface area contributed by atoms with Crippen LogP contribution >= 0.6 is 22.9 Å². The molecule has 0 spiro atoms. The summed E-state index contributed by atoms with van der Waals surface area (Å²) in [7, 11) is 0. The molecule has 74 valence electrons. The van der Waals surface area contributed by atoms with E-state index < -0.39 is 0 Å². The van der Waals surface area contributed by atoms with Crippen molar-refractivity contribution in [2.75, 3.05) is 0 Å². The summed E-state index contributed by atoms with van der Waals surface area (Å²) in [5.41, 5.74) is 2.66. The molecule has 0 unspecified atom stereocenters. The molecule has 0 radical (unpaired) electrons. The fourth-order valence-electron chi connectivity index (χ4n) is 1.73. The van der Waals surface area contributed by atoms with E-state index in [1.54, 1.807) is 0 Å². The second-order valence-corrected chi connectivity index (χ2v) is 5.04. The van der Waals surface area contributed by atoms with Gasteiger partial charge in [0.25, 0.3) is 0 Å². The van der Waals surface area contributed by atoms with E-state index in [-0.39, 0.29) is 0 Å². The van der Waals surface area contributed by atoms with Crippen molar-refractivity contribution in [1.29, 1.82) is 0 Å². The minimum atomic E-state index is 0.615. The Bertz CT molecular complexity index is 457. The molecule has 0 amide bonds. The molecule has 1 heterocycles. The number of fused-ring (bicyclic) bond motifs is 1. The van der Waals surface area contributed by atoms with E-state index in [0.29, 0.717) is 5.88 Å². The van der Waals surface area contributed by atoms with Crippen molar-refractivity contribution in [3.05, 3.63) is 34.2 Å². The first-order chi connectivity index (χ1) is 6.74. The standard InChI is InChI=1S/C12H13ClS/c1-3-9-5-10-4-8(2)14-12(10)11(6-9)7-13/h4-6H,3,7H2,1-2H3. The second-order valence-electron chi connectivity index (χ2n) is 3.52. The third-order valence-corrected chi connectivity index (χ3v) is 3.86. The van der Waals surface area contributed by atoms with Gasteiger partial charge in [0.2, 0.25) is 0 Å². The van der Waals surface area contributed by atoms with Crippen LogP contribution in [0.3, 0.4) is 0 Å². The monoisotopic (exact) mass is 224 g/mol.